The first-order valence-corrected chi connectivity index (χ1v) is 6.25. The van der Waals surface area contributed by atoms with Gasteiger partial charge in [0.25, 0.3) is 0 Å². The van der Waals surface area contributed by atoms with Crippen LogP contribution in [0.2, 0.25) is 0 Å². The Morgan fingerprint density at radius 1 is 1.24 bits per heavy atom. The van der Waals surface area contributed by atoms with E-state index in [0.717, 1.165) is 21.8 Å². The van der Waals surface area contributed by atoms with Crippen LogP contribution in [0, 0.1) is 6.92 Å². The van der Waals surface area contributed by atoms with Crippen LogP contribution in [-0.2, 0) is 0 Å². The molecule has 3 rings (SSSR count). The van der Waals surface area contributed by atoms with Crippen molar-refractivity contribution in [1.29, 1.82) is 0 Å². The Morgan fingerprint density at radius 2 is 2.06 bits per heavy atom. The van der Waals surface area contributed by atoms with Crippen LogP contribution < -0.4 is 9.47 Å². The van der Waals surface area contributed by atoms with Crippen molar-refractivity contribution in [3.05, 3.63) is 45.6 Å². The SMILES string of the molecule is Cc1ccsc1C(O)c1ccc2c(c1)OCO2. The van der Waals surface area contributed by atoms with E-state index in [9.17, 15) is 5.11 Å². The van der Waals surface area contributed by atoms with Crippen LogP contribution >= 0.6 is 11.3 Å². The van der Waals surface area contributed by atoms with E-state index in [-0.39, 0.29) is 6.79 Å². The molecule has 1 atom stereocenters. The lowest BCUT2D eigenvalue weighted by atomic mass is 10.1. The van der Waals surface area contributed by atoms with E-state index in [0.29, 0.717) is 5.75 Å². The van der Waals surface area contributed by atoms with Crippen molar-refractivity contribution in [2.24, 2.45) is 0 Å². The normalized spacial score (nSPS) is 14.9. The minimum absolute atomic E-state index is 0.257. The van der Waals surface area contributed by atoms with Gasteiger partial charge in [-0.3, -0.25) is 0 Å². The molecule has 1 aliphatic heterocycles. The highest BCUT2D eigenvalue weighted by molar-refractivity contribution is 7.10. The van der Waals surface area contributed by atoms with Crippen LogP contribution in [0.5, 0.6) is 11.5 Å². The zero-order valence-corrected chi connectivity index (χ0v) is 10.2. The maximum atomic E-state index is 10.3. The van der Waals surface area contributed by atoms with Crippen LogP contribution in [0.15, 0.2) is 29.6 Å². The molecule has 0 bridgehead atoms. The first kappa shape index (κ1) is 10.6. The number of thiophene rings is 1. The first-order valence-electron chi connectivity index (χ1n) is 5.37. The lowest BCUT2D eigenvalue weighted by Gasteiger charge is -2.11. The molecule has 88 valence electrons. The van der Waals surface area contributed by atoms with E-state index in [1.807, 2.05) is 36.6 Å². The molecule has 0 spiro atoms. The predicted molar refractivity (Wildman–Crippen MR) is 65.7 cm³/mol. The number of aliphatic hydroxyl groups is 1. The number of rotatable bonds is 2. The fraction of sp³-hybridized carbons (Fsp3) is 0.231. The van der Waals surface area contributed by atoms with E-state index < -0.39 is 6.10 Å². The average Bonchev–Trinajstić information content (AvgIpc) is 2.95. The standard InChI is InChI=1S/C13H12O3S/c1-8-4-5-17-13(8)12(14)9-2-3-10-11(6-9)16-7-15-10/h2-6,12,14H,7H2,1H3. The lowest BCUT2D eigenvalue weighted by Crippen LogP contribution is -1.98. The summed E-state index contributed by atoms with van der Waals surface area (Å²) in [4.78, 5) is 0.976. The zero-order chi connectivity index (χ0) is 11.8. The number of benzene rings is 1. The highest BCUT2D eigenvalue weighted by Gasteiger charge is 2.19. The van der Waals surface area contributed by atoms with Gasteiger partial charge >= 0.3 is 0 Å². The van der Waals surface area contributed by atoms with Crippen molar-refractivity contribution < 1.29 is 14.6 Å². The van der Waals surface area contributed by atoms with Crippen LogP contribution in [0.25, 0.3) is 0 Å². The summed E-state index contributed by atoms with van der Waals surface area (Å²) >= 11 is 1.56. The second-order valence-electron chi connectivity index (χ2n) is 3.98. The Balaban J connectivity index is 1.97. The fourth-order valence-electron chi connectivity index (χ4n) is 1.90. The van der Waals surface area contributed by atoms with Crippen molar-refractivity contribution in [3.63, 3.8) is 0 Å². The van der Waals surface area contributed by atoms with Gasteiger partial charge in [-0.25, -0.2) is 0 Å². The van der Waals surface area contributed by atoms with E-state index in [4.69, 9.17) is 9.47 Å². The average molecular weight is 248 g/mol. The minimum Gasteiger partial charge on any atom is -0.454 e. The topological polar surface area (TPSA) is 38.7 Å². The van der Waals surface area contributed by atoms with Gasteiger partial charge in [0.2, 0.25) is 6.79 Å². The molecule has 0 radical (unpaired) electrons. The molecule has 0 saturated carbocycles. The third-order valence-electron chi connectivity index (χ3n) is 2.86. The van der Waals surface area contributed by atoms with E-state index in [1.54, 1.807) is 11.3 Å². The Labute approximate surface area is 103 Å². The summed E-state index contributed by atoms with van der Waals surface area (Å²) < 4.78 is 10.6. The smallest absolute Gasteiger partial charge is 0.231 e. The quantitative estimate of drug-likeness (QED) is 0.888. The molecular formula is C13H12O3S. The van der Waals surface area contributed by atoms with Gasteiger partial charge in [0.05, 0.1) is 0 Å². The summed E-state index contributed by atoms with van der Waals surface area (Å²) in [5, 5.41) is 12.3. The number of hydrogen-bond donors (Lipinski definition) is 1. The highest BCUT2D eigenvalue weighted by Crippen LogP contribution is 2.37. The van der Waals surface area contributed by atoms with Crippen molar-refractivity contribution in [3.8, 4) is 11.5 Å². The maximum absolute atomic E-state index is 10.3. The molecule has 1 aromatic heterocycles. The molecule has 0 saturated heterocycles. The summed E-state index contributed by atoms with van der Waals surface area (Å²) in [5.74, 6) is 1.44. The molecule has 3 nitrogen and oxygen atoms in total. The van der Waals surface area contributed by atoms with E-state index >= 15 is 0 Å². The minimum atomic E-state index is -0.593. The summed E-state index contributed by atoms with van der Waals surface area (Å²) in [6, 6.07) is 7.56. The molecule has 4 heteroatoms. The molecule has 0 fully saturated rings. The molecule has 1 unspecified atom stereocenters. The second-order valence-corrected chi connectivity index (χ2v) is 4.93. The number of aliphatic hydroxyl groups excluding tert-OH is 1. The van der Waals surface area contributed by atoms with E-state index in [2.05, 4.69) is 0 Å². The van der Waals surface area contributed by atoms with Gasteiger partial charge in [0, 0.05) is 4.88 Å². The summed E-state index contributed by atoms with van der Waals surface area (Å²) in [7, 11) is 0. The van der Waals surface area contributed by atoms with E-state index in [1.165, 1.54) is 0 Å². The van der Waals surface area contributed by atoms with Crippen LogP contribution in [0.4, 0.5) is 0 Å². The number of fused-ring (bicyclic) bond motifs is 1. The molecular weight excluding hydrogens is 236 g/mol. The predicted octanol–water partition coefficient (Wildman–Crippen LogP) is 2.87. The molecule has 1 N–H and O–H groups in total. The van der Waals surface area contributed by atoms with Gasteiger partial charge in [0.1, 0.15) is 6.10 Å². The van der Waals surface area contributed by atoms with Crippen molar-refractivity contribution in [2.45, 2.75) is 13.0 Å². The Morgan fingerprint density at radius 3 is 2.82 bits per heavy atom. The van der Waals surface area contributed by atoms with Gasteiger partial charge < -0.3 is 14.6 Å². The van der Waals surface area contributed by atoms with Crippen molar-refractivity contribution in [1.82, 2.24) is 0 Å². The van der Waals surface area contributed by atoms with Crippen LogP contribution in [0.1, 0.15) is 22.1 Å². The Hall–Kier alpha value is -1.52. The molecule has 2 heterocycles. The van der Waals surface area contributed by atoms with Gasteiger partial charge in [-0.05, 0) is 41.6 Å². The monoisotopic (exact) mass is 248 g/mol. The number of hydrogen-bond acceptors (Lipinski definition) is 4. The number of aryl methyl sites for hydroxylation is 1. The second kappa shape index (κ2) is 4.05. The zero-order valence-electron chi connectivity index (χ0n) is 9.34. The summed E-state index contributed by atoms with van der Waals surface area (Å²) in [5.41, 5.74) is 1.94. The fourth-order valence-corrected chi connectivity index (χ4v) is 2.84. The Bertz CT molecular complexity index is 547. The molecule has 0 aliphatic carbocycles. The molecule has 0 amide bonds. The third-order valence-corrected chi connectivity index (χ3v) is 3.93. The largest absolute Gasteiger partial charge is 0.454 e. The van der Waals surface area contributed by atoms with Gasteiger partial charge in [-0.1, -0.05) is 6.07 Å². The summed E-state index contributed by atoms with van der Waals surface area (Å²) in [6.07, 6.45) is -0.593. The van der Waals surface area contributed by atoms with Gasteiger partial charge in [-0.15, -0.1) is 11.3 Å². The summed E-state index contributed by atoms with van der Waals surface area (Å²) in [6.45, 7) is 2.26. The first-order chi connectivity index (χ1) is 8.25. The van der Waals surface area contributed by atoms with Crippen molar-refractivity contribution >= 4 is 11.3 Å². The van der Waals surface area contributed by atoms with Crippen molar-refractivity contribution in [2.75, 3.05) is 6.79 Å². The number of ether oxygens (including phenoxy) is 2. The highest BCUT2D eigenvalue weighted by atomic mass is 32.1. The van der Waals surface area contributed by atoms with Crippen LogP contribution in [-0.4, -0.2) is 11.9 Å². The Kier molecular flexibility index (Phi) is 2.53. The molecule has 17 heavy (non-hydrogen) atoms. The maximum Gasteiger partial charge on any atom is 0.231 e. The molecule has 1 aliphatic rings. The lowest BCUT2D eigenvalue weighted by molar-refractivity contribution is 0.173. The molecule has 1 aromatic carbocycles. The molecule has 2 aromatic rings. The van der Waals surface area contributed by atoms with Crippen LogP contribution in [0.3, 0.4) is 0 Å². The van der Waals surface area contributed by atoms with Gasteiger partial charge in [0.15, 0.2) is 11.5 Å². The van der Waals surface area contributed by atoms with Gasteiger partial charge in [-0.2, -0.15) is 0 Å². The third kappa shape index (κ3) is 1.79.